The first-order chi connectivity index (χ1) is 12.6. The fraction of sp³-hybridized carbons (Fsp3) is 0.294. The number of ether oxygens (including phenoxy) is 2. The Hall–Kier alpha value is -2.61. The lowest BCUT2D eigenvalue weighted by Crippen LogP contribution is -2.39. The van der Waals surface area contributed by atoms with Gasteiger partial charge in [-0.05, 0) is 30.3 Å². The van der Waals surface area contributed by atoms with E-state index in [0.717, 1.165) is 0 Å². The van der Waals surface area contributed by atoms with Crippen LogP contribution in [0, 0.1) is 0 Å². The normalized spacial score (nSPS) is 11.3. The summed E-state index contributed by atoms with van der Waals surface area (Å²) >= 11 is 5.92. The molecule has 1 aromatic carbocycles. The summed E-state index contributed by atoms with van der Waals surface area (Å²) in [6.07, 6.45) is 3.29. The van der Waals surface area contributed by atoms with Gasteiger partial charge in [0.2, 0.25) is 0 Å². The van der Waals surface area contributed by atoms with Gasteiger partial charge in [0, 0.05) is 30.4 Å². The van der Waals surface area contributed by atoms with Crippen LogP contribution in [-0.2, 0) is 6.54 Å². The largest absolute Gasteiger partial charge is 0.490 e. The minimum absolute atomic E-state index is 0.0623. The van der Waals surface area contributed by atoms with Gasteiger partial charge in [-0.25, -0.2) is 0 Å². The first-order valence-corrected chi connectivity index (χ1v) is 8.17. The zero-order valence-electron chi connectivity index (χ0n) is 14.1. The van der Waals surface area contributed by atoms with Crippen molar-refractivity contribution in [2.24, 2.45) is 4.99 Å². The van der Waals surface area contributed by atoms with Gasteiger partial charge in [-0.15, -0.1) is 0 Å². The van der Waals surface area contributed by atoms with Gasteiger partial charge in [0.1, 0.15) is 18.1 Å². The van der Waals surface area contributed by atoms with Gasteiger partial charge in [0.15, 0.2) is 5.96 Å². The minimum Gasteiger partial charge on any atom is -0.490 e. The van der Waals surface area contributed by atoms with Crippen LogP contribution < -0.4 is 20.1 Å². The molecule has 1 aromatic heterocycles. The van der Waals surface area contributed by atoms with Crippen molar-refractivity contribution in [2.45, 2.75) is 13.2 Å². The van der Waals surface area contributed by atoms with Crippen molar-refractivity contribution in [2.75, 3.05) is 20.2 Å². The van der Waals surface area contributed by atoms with E-state index in [2.05, 4.69) is 25.3 Å². The van der Waals surface area contributed by atoms with Crippen LogP contribution in [0.3, 0.4) is 0 Å². The Morgan fingerprint density at radius 2 is 2.15 bits per heavy atom. The third-order valence-corrected chi connectivity index (χ3v) is 3.44. The smallest absolute Gasteiger partial charge is 0.387 e. The number of benzene rings is 1. The number of guanidine groups is 1. The average Bonchev–Trinajstić information content (AvgIpc) is 2.63. The molecule has 26 heavy (non-hydrogen) atoms. The molecule has 0 amide bonds. The number of hydrogen-bond acceptors (Lipinski definition) is 4. The lowest BCUT2D eigenvalue weighted by Gasteiger charge is -2.15. The Kier molecular flexibility index (Phi) is 7.88. The molecule has 0 fully saturated rings. The van der Waals surface area contributed by atoms with E-state index in [-0.39, 0.29) is 12.3 Å². The molecule has 140 valence electrons. The third-order valence-electron chi connectivity index (χ3n) is 3.21. The molecule has 1 heterocycles. The maximum absolute atomic E-state index is 12.5. The van der Waals surface area contributed by atoms with E-state index in [1.54, 1.807) is 31.6 Å². The van der Waals surface area contributed by atoms with E-state index in [1.165, 1.54) is 12.1 Å². The zero-order valence-corrected chi connectivity index (χ0v) is 14.8. The summed E-state index contributed by atoms with van der Waals surface area (Å²) < 4.78 is 35.0. The van der Waals surface area contributed by atoms with Crippen molar-refractivity contribution in [3.8, 4) is 11.5 Å². The average molecular weight is 385 g/mol. The molecular weight excluding hydrogens is 366 g/mol. The number of nitrogens with zero attached hydrogens (tertiary/aromatic N) is 2. The molecule has 6 nitrogen and oxygen atoms in total. The number of aromatic nitrogens is 1. The standard InChI is InChI=1S/C17H19ClF2N4O2/c1-21-17(23-7-8-25-14-3-2-6-22-11-14)24-10-12-9-13(18)4-5-15(12)26-16(19)20/h2-6,9,11,16H,7-8,10H2,1H3,(H2,21,23,24). The summed E-state index contributed by atoms with van der Waals surface area (Å²) in [6, 6.07) is 8.05. The van der Waals surface area contributed by atoms with E-state index in [1.807, 2.05) is 6.07 Å². The second-order valence-electron chi connectivity index (χ2n) is 5.02. The summed E-state index contributed by atoms with van der Waals surface area (Å²) in [5, 5.41) is 6.50. The summed E-state index contributed by atoms with van der Waals surface area (Å²) in [5.41, 5.74) is 0.493. The second kappa shape index (κ2) is 10.4. The fourth-order valence-electron chi connectivity index (χ4n) is 2.07. The van der Waals surface area contributed by atoms with Crippen molar-refractivity contribution in [3.63, 3.8) is 0 Å². The number of pyridine rings is 1. The molecule has 2 aromatic rings. The third kappa shape index (κ3) is 6.72. The summed E-state index contributed by atoms with van der Waals surface area (Å²) in [7, 11) is 1.60. The quantitative estimate of drug-likeness (QED) is 0.416. The molecular formula is C17H19ClF2N4O2. The Bertz CT molecular complexity index is 717. The van der Waals surface area contributed by atoms with Crippen LogP contribution in [0.4, 0.5) is 8.78 Å². The van der Waals surface area contributed by atoms with Crippen LogP contribution in [-0.4, -0.2) is 37.8 Å². The van der Waals surface area contributed by atoms with Crippen LogP contribution in [0.15, 0.2) is 47.7 Å². The molecule has 0 unspecified atom stereocenters. The highest BCUT2D eigenvalue weighted by Crippen LogP contribution is 2.24. The summed E-state index contributed by atoms with van der Waals surface area (Å²) in [4.78, 5) is 8.02. The van der Waals surface area contributed by atoms with Gasteiger partial charge in [-0.3, -0.25) is 9.98 Å². The highest BCUT2D eigenvalue weighted by Gasteiger charge is 2.11. The van der Waals surface area contributed by atoms with Gasteiger partial charge < -0.3 is 20.1 Å². The monoisotopic (exact) mass is 384 g/mol. The van der Waals surface area contributed by atoms with Gasteiger partial charge in [-0.2, -0.15) is 8.78 Å². The maximum Gasteiger partial charge on any atom is 0.387 e. The molecule has 0 atom stereocenters. The van der Waals surface area contributed by atoms with E-state index in [4.69, 9.17) is 16.3 Å². The lowest BCUT2D eigenvalue weighted by atomic mass is 10.2. The lowest BCUT2D eigenvalue weighted by molar-refractivity contribution is -0.0504. The molecule has 0 radical (unpaired) electrons. The number of halogens is 3. The topological polar surface area (TPSA) is 67.8 Å². The molecule has 0 spiro atoms. The van der Waals surface area contributed by atoms with E-state index < -0.39 is 6.61 Å². The van der Waals surface area contributed by atoms with Gasteiger partial charge in [0.05, 0.1) is 12.7 Å². The van der Waals surface area contributed by atoms with Crippen LogP contribution in [0.25, 0.3) is 0 Å². The highest BCUT2D eigenvalue weighted by molar-refractivity contribution is 6.30. The first-order valence-electron chi connectivity index (χ1n) is 7.79. The number of hydrogen-bond donors (Lipinski definition) is 2. The SMILES string of the molecule is CN=C(NCCOc1cccnc1)NCc1cc(Cl)ccc1OC(F)F. The van der Waals surface area contributed by atoms with Crippen molar-refractivity contribution >= 4 is 17.6 Å². The molecule has 0 aliphatic rings. The van der Waals surface area contributed by atoms with Crippen molar-refractivity contribution in [1.29, 1.82) is 0 Å². The highest BCUT2D eigenvalue weighted by atomic mass is 35.5. The van der Waals surface area contributed by atoms with Crippen LogP contribution in [0.1, 0.15) is 5.56 Å². The number of rotatable bonds is 8. The van der Waals surface area contributed by atoms with E-state index >= 15 is 0 Å². The number of aliphatic imine (C=N–C) groups is 1. The van der Waals surface area contributed by atoms with Crippen molar-refractivity contribution in [1.82, 2.24) is 15.6 Å². The van der Waals surface area contributed by atoms with Crippen molar-refractivity contribution < 1.29 is 18.3 Å². The fourth-order valence-corrected chi connectivity index (χ4v) is 2.26. The van der Waals surface area contributed by atoms with E-state index in [9.17, 15) is 8.78 Å². The predicted molar refractivity (Wildman–Crippen MR) is 96.0 cm³/mol. The second-order valence-corrected chi connectivity index (χ2v) is 5.46. The maximum atomic E-state index is 12.5. The molecule has 2 N–H and O–H groups in total. The Balaban J connectivity index is 1.82. The molecule has 2 rings (SSSR count). The molecule has 9 heteroatoms. The molecule has 0 aliphatic heterocycles. The van der Waals surface area contributed by atoms with Crippen LogP contribution in [0.5, 0.6) is 11.5 Å². The zero-order chi connectivity index (χ0) is 18.8. The Morgan fingerprint density at radius 1 is 1.31 bits per heavy atom. The molecule has 0 saturated heterocycles. The van der Waals surface area contributed by atoms with Crippen LogP contribution >= 0.6 is 11.6 Å². The van der Waals surface area contributed by atoms with Crippen molar-refractivity contribution in [3.05, 3.63) is 53.3 Å². The Labute approximate surface area is 155 Å². The molecule has 0 saturated carbocycles. The number of nitrogens with one attached hydrogen (secondary N) is 2. The Morgan fingerprint density at radius 3 is 2.85 bits per heavy atom. The van der Waals surface area contributed by atoms with Gasteiger partial charge in [0.25, 0.3) is 0 Å². The molecule has 0 aliphatic carbocycles. The van der Waals surface area contributed by atoms with E-state index in [0.29, 0.717) is 35.4 Å². The summed E-state index contributed by atoms with van der Waals surface area (Å²) in [6.45, 7) is -1.79. The first kappa shape index (κ1) is 19.7. The van der Waals surface area contributed by atoms with Gasteiger partial charge >= 0.3 is 6.61 Å². The number of alkyl halides is 2. The summed E-state index contributed by atoms with van der Waals surface area (Å²) in [5.74, 6) is 1.22. The minimum atomic E-state index is -2.91. The predicted octanol–water partition coefficient (Wildman–Crippen LogP) is 3.08. The van der Waals surface area contributed by atoms with Gasteiger partial charge in [-0.1, -0.05) is 11.6 Å². The van der Waals surface area contributed by atoms with Crippen LogP contribution in [0.2, 0.25) is 5.02 Å². The molecule has 0 bridgehead atoms.